The van der Waals surface area contributed by atoms with Crippen molar-refractivity contribution < 1.29 is 13.6 Å². The maximum absolute atomic E-state index is 13.3. The maximum atomic E-state index is 13.3. The predicted molar refractivity (Wildman–Crippen MR) is 63.9 cm³/mol. The van der Waals surface area contributed by atoms with Gasteiger partial charge in [-0.2, -0.15) is 0 Å². The zero-order chi connectivity index (χ0) is 13.0. The Balaban J connectivity index is 2.06. The highest BCUT2D eigenvalue weighted by atomic mass is 19.1. The molecule has 0 heterocycles. The first-order valence-electron chi connectivity index (χ1n) is 5.24. The van der Waals surface area contributed by atoms with Crippen LogP contribution in [0.2, 0.25) is 0 Å². The number of rotatable bonds is 3. The molecule has 0 saturated carbocycles. The quantitative estimate of drug-likeness (QED) is 0.820. The third-order valence-electron chi connectivity index (χ3n) is 2.30. The van der Waals surface area contributed by atoms with Gasteiger partial charge < -0.3 is 0 Å². The summed E-state index contributed by atoms with van der Waals surface area (Å²) in [5.41, 5.74) is 4.63. The minimum Gasteiger partial charge on any atom is -0.295 e. The number of hydrogen-bond donors (Lipinski definition) is 2. The van der Waals surface area contributed by atoms with Crippen LogP contribution >= 0.6 is 0 Å². The van der Waals surface area contributed by atoms with Crippen LogP contribution in [-0.4, -0.2) is 5.91 Å². The van der Waals surface area contributed by atoms with E-state index in [-0.39, 0.29) is 11.3 Å². The molecule has 92 valence electrons. The lowest BCUT2D eigenvalue weighted by Crippen LogP contribution is -2.30. The number of amides is 1. The molecule has 0 bridgehead atoms. The Morgan fingerprint density at radius 3 is 2.17 bits per heavy atom. The van der Waals surface area contributed by atoms with Gasteiger partial charge in [0.25, 0.3) is 5.91 Å². The number of para-hydroxylation sites is 1. The third-order valence-corrected chi connectivity index (χ3v) is 2.30. The molecule has 0 radical (unpaired) electrons. The lowest BCUT2D eigenvalue weighted by Gasteiger charge is -2.09. The summed E-state index contributed by atoms with van der Waals surface area (Å²) in [7, 11) is 0. The van der Waals surface area contributed by atoms with E-state index in [0.717, 1.165) is 0 Å². The summed E-state index contributed by atoms with van der Waals surface area (Å²) in [5, 5.41) is 0. The Hall–Kier alpha value is -2.43. The number of nitrogens with one attached hydrogen (secondary N) is 2. The van der Waals surface area contributed by atoms with E-state index in [4.69, 9.17) is 0 Å². The zero-order valence-electron chi connectivity index (χ0n) is 9.28. The summed E-state index contributed by atoms with van der Waals surface area (Å²) < 4.78 is 26.5. The highest BCUT2D eigenvalue weighted by Gasteiger charge is 2.10. The topological polar surface area (TPSA) is 41.1 Å². The van der Waals surface area contributed by atoms with Crippen molar-refractivity contribution in [1.29, 1.82) is 0 Å². The second-order valence-corrected chi connectivity index (χ2v) is 3.54. The fourth-order valence-corrected chi connectivity index (χ4v) is 1.40. The lowest BCUT2D eigenvalue weighted by atomic mass is 10.2. The van der Waals surface area contributed by atoms with Crippen molar-refractivity contribution in [2.24, 2.45) is 0 Å². The van der Waals surface area contributed by atoms with Gasteiger partial charge in [0.15, 0.2) is 0 Å². The largest absolute Gasteiger partial charge is 0.295 e. The number of anilines is 1. The summed E-state index contributed by atoms with van der Waals surface area (Å²) in [6.07, 6.45) is 0. The standard InChI is InChI=1S/C13H10F2N2O/c14-10-6-2-1-5-9(10)13(18)17-16-12-8-4-3-7-11(12)15/h1-8,16H,(H,17,18). The molecule has 0 atom stereocenters. The monoisotopic (exact) mass is 248 g/mol. The molecule has 0 fully saturated rings. The molecule has 2 aromatic carbocycles. The van der Waals surface area contributed by atoms with Crippen LogP contribution in [0.4, 0.5) is 14.5 Å². The summed E-state index contributed by atoms with van der Waals surface area (Å²) in [6, 6.07) is 11.4. The Morgan fingerprint density at radius 2 is 1.50 bits per heavy atom. The second-order valence-electron chi connectivity index (χ2n) is 3.54. The second kappa shape index (κ2) is 5.27. The molecule has 0 aliphatic carbocycles. The van der Waals surface area contributed by atoms with Gasteiger partial charge in [0.1, 0.15) is 11.6 Å². The first-order valence-corrected chi connectivity index (χ1v) is 5.24. The van der Waals surface area contributed by atoms with E-state index >= 15 is 0 Å². The number of carbonyl (C=O) groups excluding carboxylic acids is 1. The third kappa shape index (κ3) is 2.63. The van der Waals surface area contributed by atoms with Gasteiger partial charge in [-0.15, -0.1) is 0 Å². The van der Waals surface area contributed by atoms with E-state index in [0.29, 0.717) is 0 Å². The summed E-state index contributed by atoms with van der Waals surface area (Å²) in [6.45, 7) is 0. The van der Waals surface area contributed by atoms with Crippen molar-refractivity contribution in [2.75, 3.05) is 5.43 Å². The van der Waals surface area contributed by atoms with Crippen LogP contribution in [0.1, 0.15) is 10.4 Å². The van der Waals surface area contributed by atoms with Crippen molar-refractivity contribution >= 4 is 11.6 Å². The smallest absolute Gasteiger partial charge is 0.272 e. The van der Waals surface area contributed by atoms with Gasteiger partial charge in [-0.1, -0.05) is 24.3 Å². The lowest BCUT2D eigenvalue weighted by molar-refractivity contribution is 0.0958. The number of benzene rings is 2. The van der Waals surface area contributed by atoms with E-state index in [2.05, 4.69) is 10.9 Å². The summed E-state index contributed by atoms with van der Waals surface area (Å²) in [4.78, 5) is 11.6. The molecular formula is C13H10F2N2O. The first-order chi connectivity index (χ1) is 8.68. The Kier molecular flexibility index (Phi) is 3.52. The Bertz CT molecular complexity index is 572. The average Bonchev–Trinajstić information content (AvgIpc) is 2.38. The van der Waals surface area contributed by atoms with Crippen LogP contribution < -0.4 is 10.9 Å². The molecule has 5 heteroatoms. The van der Waals surface area contributed by atoms with E-state index in [1.54, 1.807) is 12.1 Å². The van der Waals surface area contributed by atoms with E-state index < -0.39 is 17.5 Å². The molecule has 18 heavy (non-hydrogen) atoms. The fourth-order valence-electron chi connectivity index (χ4n) is 1.40. The molecule has 0 aliphatic rings. The minimum absolute atomic E-state index is 0.110. The fraction of sp³-hybridized carbons (Fsp3) is 0. The van der Waals surface area contributed by atoms with Gasteiger partial charge in [0, 0.05) is 0 Å². The van der Waals surface area contributed by atoms with Crippen LogP contribution in [0.3, 0.4) is 0 Å². The summed E-state index contributed by atoms with van der Waals surface area (Å²) >= 11 is 0. The SMILES string of the molecule is O=C(NNc1ccccc1F)c1ccccc1F. The Labute approximate surface area is 102 Å². The molecule has 0 spiro atoms. The van der Waals surface area contributed by atoms with Crippen LogP contribution in [-0.2, 0) is 0 Å². The number of carbonyl (C=O) groups is 1. The van der Waals surface area contributed by atoms with Crippen LogP contribution in [0.25, 0.3) is 0 Å². The molecule has 2 N–H and O–H groups in total. The van der Waals surface area contributed by atoms with Gasteiger partial charge in [0.05, 0.1) is 11.3 Å². The number of halogens is 2. The molecule has 2 rings (SSSR count). The van der Waals surface area contributed by atoms with Crippen molar-refractivity contribution in [1.82, 2.24) is 5.43 Å². The molecule has 2 aromatic rings. The predicted octanol–water partition coefficient (Wildman–Crippen LogP) is 2.72. The maximum Gasteiger partial charge on any atom is 0.272 e. The minimum atomic E-state index is -0.670. The molecule has 1 amide bonds. The highest BCUT2D eigenvalue weighted by molar-refractivity contribution is 5.95. The van der Waals surface area contributed by atoms with E-state index in [1.165, 1.54) is 36.4 Å². The average molecular weight is 248 g/mol. The Morgan fingerprint density at radius 1 is 0.889 bits per heavy atom. The molecule has 0 aliphatic heterocycles. The first kappa shape index (κ1) is 12.0. The van der Waals surface area contributed by atoms with E-state index in [9.17, 15) is 13.6 Å². The van der Waals surface area contributed by atoms with Gasteiger partial charge in [0.2, 0.25) is 0 Å². The van der Waals surface area contributed by atoms with Crippen LogP contribution in [0, 0.1) is 11.6 Å². The number of hydrogen-bond acceptors (Lipinski definition) is 2. The highest BCUT2D eigenvalue weighted by Crippen LogP contribution is 2.11. The van der Waals surface area contributed by atoms with Gasteiger partial charge in [-0.3, -0.25) is 15.6 Å². The molecular weight excluding hydrogens is 238 g/mol. The van der Waals surface area contributed by atoms with Crippen LogP contribution in [0.15, 0.2) is 48.5 Å². The van der Waals surface area contributed by atoms with Crippen LogP contribution in [0.5, 0.6) is 0 Å². The number of hydrazine groups is 1. The van der Waals surface area contributed by atoms with Gasteiger partial charge >= 0.3 is 0 Å². The molecule has 0 unspecified atom stereocenters. The van der Waals surface area contributed by atoms with Crippen molar-refractivity contribution in [2.45, 2.75) is 0 Å². The van der Waals surface area contributed by atoms with Crippen molar-refractivity contribution in [3.05, 3.63) is 65.7 Å². The van der Waals surface area contributed by atoms with Crippen molar-refractivity contribution in [3.8, 4) is 0 Å². The zero-order valence-corrected chi connectivity index (χ0v) is 9.28. The molecule has 0 aromatic heterocycles. The van der Waals surface area contributed by atoms with Gasteiger partial charge in [-0.05, 0) is 24.3 Å². The van der Waals surface area contributed by atoms with E-state index in [1.807, 2.05) is 0 Å². The molecule has 0 saturated heterocycles. The van der Waals surface area contributed by atoms with Gasteiger partial charge in [-0.25, -0.2) is 8.78 Å². The van der Waals surface area contributed by atoms with Crippen molar-refractivity contribution in [3.63, 3.8) is 0 Å². The molecule has 3 nitrogen and oxygen atoms in total. The summed E-state index contributed by atoms with van der Waals surface area (Å²) in [5.74, 6) is -1.81. The normalized spacial score (nSPS) is 9.89.